The molecule has 1 aromatic carbocycles. The van der Waals surface area contributed by atoms with Crippen LogP contribution in [0.1, 0.15) is 15.4 Å². The number of amides is 1. The average molecular weight is 293 g/mol. The van der Waals surface area contributed by atoms with Crippen LogP contribution in [0.15, 0.2) is 24.3 Å². The summed E-state index contributed by atoms with van der Waals surface area (Å²) in [5, 5.41) is 21.9. The Hall–Kier alpha value is -2.39. The summed E-state index contributed by atoms with van der Waals surface area (Å²) in [4.78, 5) is 21.9. The van der Waals surface area contributed by atoms with Gasteiger partial charge in [-0.05, 0) is 18.7 Å². The second kappa shape index (κ2) is 6.17. The van der Waals surface area contributed by atoms with E-state index in [-0.39, 0.29) is 5.69 Å². The Bertz CT molecular complexity index is 625. The maximum Gasteiger partial charge on any atom is 0.269 e. The smallest absolute Gasteiger partial charge is 0.269 e. The predicted octanol–water partition coefficient (Wildman–Crippen LogP) is 1.20. The highest BCUT2D eigenvalue weighted by Crippen LogP contribution is 2.17. The molecule has 0 saturated heterocycles. The van der Waals surface area contributed by atoms with Crippen LogP contribution < -0.4 is 11.1 Å². The summed E-state index contributed by atoms with van der Waals surface area (Å²) >= 11 is 1.25. The summed E-state index contributed by atoms with van der Waals surface area (Å²) in [6, 6.07) is 5.31. The van der Waals surface area contributed by atoms with Crippen molar-refractivity contribution in [1.29, 1.82) is 0 Å². The van der Waals surface area contributed by atoms with Crippen molar-refractivity contribution in [3.8, 4) is 0 Å². The zero-order valence-corrected chi connectivity index (χ0v) is 11.1. The lowest BCUT2D eigenvalue weighted by atomic mass is 10.2. The third kappa shape index (κ3) is 3.33. The van der Waals surface area contributed by atoms with Crippen LogP contribution in [-0.4, -0.2) is 27.6 Å². The highest BCUT2D eigenvalue weighted by molar-refractivity contribution is 7.15. The van der Waals surface area contributed by atoms with Crippen LogP contribution in [0.5, 0.6) is 0 Å². The van der Waals surface area contributed by atoms with Gasteiger partial charge in [0.1, 0.15) is 5.01 Å². The number of nitrogens with one attached hydrogen (secondary N) is 1. The minimum atomic E-state index is -0.522. The number of carbonyl (C=O) groups excluding carboxylic acids is 1. The number of anilines is 1. The molecule has 0 fully saturated rings. The van der Waals surface area contributed by atoms with E-state index in [2.05, 4.69) is 15.5 Å². The molecule has 20 heavy (non-hydrogen) atoms. The van der Waals surface area contributed by atoms with Crippen molar-refractivity contribution in [2.75, 3.05) is 11.9 Å². The van der Waals surface area contributed by atoms with Gasteiger partial charge in [-0.3, -0.25) is 20.2 Å². The van der Waals surface area contributed by atoms with E-state index in [1.807, 2.05) is 0 Å². The van der Waals surface area contributed by atoms with Crippen LogP contribution in [0.4, 0.5) is 10.8 Å². The van der Waals surface area contributed by atoms with E-state index < -0.39 is 10.8 Å². The Balaban J connectivity index is 2.05. The molecule has 0 radical (unpaired) electrons. The van der Waals surface area contributed by atoms with Crippen LogP contribution in [0.25, 0.3) is 0 Å². The fourth-order valence-corrected chi connectivity index (χ4v) is 2.18. The Labute approximate surface area is 117 Å². The molecule has 0 aliphatic heterocycles. The molecule has 2 aromatic rings. The van der Waals surface area contributed by atoms with E-state index in [0.717, 1.165) is 5.01 Å². The Morgan fingerprint density at radius 1 is 1.35 bits per heavy atom. The highest BCUT2D eigenvalue weighted by atomic mass is 32.1. The van der Waals surface area contributed by atoms with E-state index in [1.54, 1.807) is 0 Å². The van der Waals surface area contributed by atoms with Gasteiger partial charge in [0.05, 0.1) is 4.92 Å². The summed E-state index contributed by atoms with van der Waals surface area (Å²) < 4.78 is 0. The molecule has 0 saturated carbocycles. The predicted molar refractivity (Wildman–Crippen MR) is 73.7 cm³/mol. The first kappa shape index (κ1) is 14.0. The minimum Gasteiger partial charge on any atom is -0.330 e. The molecule has 2 rings (SSSR count). The van der Waals surface area contributed by atoms with E-state index in [4.69, 9.17) is 5.73 Å². The highest BCUT2D eigenvalue weighted by Gasteiger charge is 2.12. The quantitative estimate of drug-likeness (QED) is 0.630. The number of non-ortho nitro benzene ring substituents is 1. The molecule has 1 aromatic heterocycles. The van der Waals surface area contributed by atoms with Crippen molar-refractivity contribution < 1.29 is 9.72 Å². The summed E-state index contributed by atoms with van der Waals surface area (Å²) in [5.41, 5.74) is 5.64. The van der Waals surface area contributed by atoms with Crippen LogP contribution in [0.2, 0.25) is 0 Å². The Morgan fingerprint density at radius 2 is 2.05 bits per heavy atom. The van der Waals surface area contributed by atoms with Crippen LogP contribution >= 0.6 is 11.3 Å². The minimum absolute atomic E-state index is 0.0669. The Kier molecular flexibility index (Phi) is 4.33. The molecule has 0 aliphatic carbocycles. The second-order valence-electron chi connectivity index (χ2n) is 3.80. The van der Waals surface area contributed by atoms with Gasteiger partial charge in [-0.2, -0.15) is 0 Å². The number of hydrogen-bond acceptors (Lipinski definition) is 7. The lowest BCUT2D eigenvalue weighted by Crippen LogP contribution is -2.11. The van der Waals surface area contributed by atoms with Crippen molar-refractivity contribution >= 4 is 28.1 Å². The summed E-state index contributed by atoms with van der Waals surface area (Å²) in [5.74, 6) is -0.393. The topological polar surface area (TPSA) is 124 Å². The SMILES string of the molecule is NCCc1nnc(NC(=O)c2ccc([N+](=O)[O-])cc2)s1. The zero-order chi connectivity index (χ0) is 14.5. The number of nitro groups is 1. The molecular formula is C11H11N5O3S. The molecule has 9 heteroatoms. The van der Waals surface area contributed by atoms with Gasteiger partial charge >= 0.3 is 0 Å². The normalized spacial score (nSPS) is 10.2. The summed E-state index contributed by atoms with van der Waals surface area (Å²) in [7, 11) is 0. The number of hydrogen-bond donors (Lipinski definition) is 2. The number of carbonyl (C=O) groups is 1. The lowest BCUT2D eigenvalue weighted by Gasteiger charge is -2.00. The maximum absolute atomic E-state index is 11.9. The third-order valence-corrected chi connectivity index (χ3v) is 3.28. The van der Waals surface area contributed by atoms with E-state index in [1.165, 1.54) is 35.6 Å². The fraction of sp³-hybridized carbons (Fsp3) is 0.182. The Morgan fingerprint density at radius 3 is 2.65 bits per heavy atom. The van der Waals surface area contributed by atoms with Gasteiger partial charge in [-0.1, -0.05) is 11.3 Å². The second-order valence-corrected chi connectivity index (χ2v) is 4.86. The molecule has 0 atom stereocenters. The number of benzene rings is 1. The standard InChI is InChI=1S/C11H11N5O3S/c12-6-5-9-14-15-11(20-9)13-10(17)7-1-3-8(4-2-7)16(18)19/h1-4H,5-6,12H2,(H,13,15,17). The number of nitrogens with two attached hydrogens (primary N) is 1. The summed E-state index contributed by atoms with van der Waals surface area (Å²) in [6.45, 7) is 0.463. The van der Waals surface area contributed by atoms with Crippen LogP contribution in [-0.2, 0) is 6.42 Å². The maximum atomic E-state index is 11.9. The fourth-order valence-electron chi connectivity index (χ4n) is 1.43. The number of rotatable bonds is 5. The van der Waals surface area contributed by atoms with Gasteiger partial charge in [0.25, 0.3) is 11.6 Å². The zero-order valence-electron chi connectivity index (χ0n) is 10.3. The van der Waals surface area contributed by atoms with Gasteiger partial charge in [0.15, 0.2) is 0 Å². The van der Waals surface area contributed by atoms with Crippen molar-refractivity contribution in [3.05, 3.63) is 45.0 Å². The van der Waals surface area contributed by atoms with Gasteiger partial charge in [0, 0.05) is 24.1 Å². The molecule has 0 aliphatic rings. The first-order valence-corrected chi connectivity index (χ1v) is 6.50. The molecule has 1 heterocycles. The van der Waals surface area contributed by atoms with Crippen LogP contribution in [0, 0.1) is 10.1 Å². The van der Waals surface area contributed by atoms with Gasteiger partial charge in [-0.25, -0.2) is 0 Å². The molecule has 104 valence electrons. The molecule has 0 bridgehead atoms. The monoisotopic (exact) mass is 293 g/mol. The summed E-state index contributed by atoms with van der Waals surface area (Å²) in [6.07, 6.45) is 0.602. The van der Waals surface area contributed by atoms with Crippen molar-refractivity contribution in [1.82, 2.24) is 10.2 Å². The van der Waals surface area contributed by atoms with E-state index in [0.29, 0.717) is 23.7 Å². The van der Waals surface area contributed by atoms with Gasteiger partial charge in [-0.15, -0.1) is 10.2 Å². The first-order chi connectivity index (χ1) is 9.60. The molecule has 8 nitrogen and oxygen atoms in total. The molecular weight excluding hydrogens is 282 g/mol. The first-order valence-electron chi connectivity index (χ1n) is 5.68. The van der Waals surface area contributed by atoms with Gasteiger partial charge in [0.2, 0.25) is 5.13 Å². The largest absolute Gasteiger partial charge is 0.330 e. The third-order valence-electron chi connectivity index (χ3n) is 2.39. The molecule has 1 amide bonds. The molecule has 0 unspecified atom stereocenters. The molecule has 3 N–H and O–H groups in total. The van der Waals surface area contributed by atoms with Gasteiger partial charge < -0.3 is 5.73 Å². The van der Waals surface area contributed by atoms with E-state index >= 15 is 0 Å². The van der Waals surface area contributed by atoms with Crippen molar-refractivity contribution in [2.24, 2.45) is 5.73 Å². The van der Waals surface area contributed by atoms with Crippen molar-refractivity contribution in [2.45, 2.75) is 6.42 Å². The number of nitro benzene ring substituents is 1. The average Bonchev–Trinajstić information content (AvgIpc) is 2.86. The van der Waals surface area contributed by atoms with E-state index in [9.17, 15) is 14.9 Å². The number of nitrogens with zero attached hydrogens (tertiary/aromatic N) is 3. The van der Waals surface area contributed by atoms with Crippen LogP contribution in [0.3, 0.4) is 0 Å². The molecule has 0 spiro atoms. The lowest BCUT2D eigenvalue weighted by molar-refractivity contribution is -0.384. The van der Waals surface area contributed by atoms with Crippen molar-refractivity contribution in [3.63, 3.8) is 0 Å². The number of aromatic nitrogens is 2.